The van der Waals surface area contributed by atoms with Gasteiger partial charge in [0.25, 0.3) is 0 Å². The summed E-state index contributed by atoms with van der Waals surface area (Å²) in [5, 5.41) is 8.19. The van der Waals surface area contributed by atoms with Crippen molar-refractivity contribution in [3.63, 3.8) is 0 Å². The summed E-state index contributed by atoms with van der Waals surface area (Å²) in [6.07, 6.45) is 11.1. The van der Waals surface area contributed by atoms with Crippen LogP contribution in [0.5, 0.6) is 0 Å². The van der Waals surface area contributed by atoms with E-state index >= 15 is 0 Å². The number of carbonyl (C=O) groups is 1. The number of carbonyl (C=O) groups excluding carboxylic acids is 1. The SMILES string of the molecule is CC(C)c1cccc2c(S(=O)(=O)NCCCOCCCCCNC(=O)NC34CC5CC(CC(C5)C3)C4)cccc12. The summed E-state index contributed by atoms with van der Waals surface area (Å²) < 4.78 is 34.5. The van der Waals surface area contributed by atoms with Crippen molar-refractivity contribution in [3.05, 3.63) is 42.0 Å². The standard InChI is InChI=1S/C32H47N3O4S/c1-23(2)27-9-6-11-29-28(27)10-7-12-30(29)40(37,38)34-14-8-16-39-15-5-3-4-13-33-31(36)35-32-20-24-17-25(21-32)19-26(18-24)22-32/h6-7,9-12,23-26,34H,3-5,8,13-22H2,1-2H3,(H2,33,35,36). The van der Waals surface area contributed by atoms with Crippen LogP contribution in [0.15, 0.2) is 41.3 Å². The Kier molecular flexibility index (Phi) is 9.38. The maximum atomic E-state index is 13.0. The van der Waals surface area contributed by atoms with Gasteiger partial charge in [0.2, 0.25) is 10.0 Å². The van der Waals surface area contributed by atoms with Crippen LogP contribution in [0, 0.1) is 17.8 Å². The Labute approximate surface area is 240 Å². The Morgan fingerprint density at radius 3 is 2.23 bits per heavy atom. The van der Waals surface area contributed by atoms with Gasteiger partial charge in [-0.1, -0.05) is 44.2 Å². The van der Waals surface area contributed by atoms with Gasteiger partial charge in [-0.05, 0) is 105 Å². The lowest BCUT2D eigenvalue weighted by molar-refractivity contribution is -0.0135. The average Bonchev–Trinajstić information content (AvgIpc) is 2.89. The minimum atomic E-state index is -3.60. The van der Waals surface area contributed by atoms with Crippen LogP contribution in [0.25, 0.3) is 10.8 Å². The van der Waals surface area contributed by atoms with Crippen LogP contribution in [-0.2, 0) is 14.8 Å². The molecule has 0 unspecified atom stereocenters. The first-order chi connectivity index (χ1) is 19.2. The van der Waals surface area contributed by atoms with E-state index in [-0.39, 0.29) is 11.6 Å². The molecule has 0 atom stereocenters. The monoisotopic (exact) mass is 569 g/mol. The molecule has 40 heavy (non-hydrogen) atoms. The zero-order valence-electron chi connectivity index (χ0n) is 24.2. The molecule has 8 heteroatoms. The third kappa shape index (κ3) is 7.00. The molecular weight excluding hydrogens is 522 g/mol. The van der Waals surface area contributed by atoms with Crippen LogP contribution in [0.2, 0.25) is 0 Å². The molecule has 4 bridgehead atoms. The first-order valence-corrected chi connectivity index (χ1v) is 16.9. The van der Waals surface area contributed by atoms with E-state index in [0.717, 1.165) is 53.4 Å². The van der Waals surface area contributed by atoms with Gasteiger partial charge in [-0.15, -0.1) is 0 Å². The lowest BCUT2D eigenvalue weighted by atomic mass is 9.53. The molecule has 7 nitrogen and oxygen atoms in total. The number of urea groups is 1. The number of rotatable bonds is 14. The molecule has 4 fully saturated rings. The summed E-state index contributed by atoms with van der Waals surface area (Å²) in [5.41, 5.74) is 1.21. The fraction of sp³-hybridized carbons (Fsp3) is 0.656. The molecule has 220 valence electrons. The van der Waals surface area contributed by atoms with Crippen molar-refractivity contribution in [3.8, 4) is 0 Å². The summed E-state index contributed by atoms with van der Waals surface area (Å²) in [6.45, 7) is 6.42. The zero-order chi connectivity index (χ0) is 28.2. The van der Waals surface area contributed by atoms with Crippen LogP contribution in [0.4, 0.5) is 4.79 Å². The van der Waals surface area contributed by atoms with Gasteiger partial charge in [0, 0.05) is 37.2 Å². The molecule has 0 heterocycles. The summed E-state index contributed by atoms with van der Waals surface area (Å²) in [5.74, 6) is 2.80. The minimum Gasteiger partial charge on any atom is -0.381 e. The van der Waals surface area contributed by atoms with Crippen molar-refractivity contribution < 1.29 is 17.9 Å². The third-order valence-electron chi connectivity index (χ3n) is 9.25. The largest absolute Gasteiger partial charge is 0.381 e. The zero-order valence-corrected chi connectivity index (χ0v) is 25.0. The number of fused-ring (bicyclic) bond motifs is 1. The van der Waals surface area contributed by atoms with Gasteiger partial charge in [0.15, 0.2) is 0 Å². The van der Waals surface area contributed by atoms with Crippen LogP contribution in [-0.4, -0.2) is 46.3 Å². The van der Waals surface area contributed by atoms with Crippen molar-refractivity contribution in [1.29, 1.82) is 0 Å². The molecule has 0 spiro atoms. The lowest BCUT2D eigenvalue weighted by Crippen LogP contribution is -2.61. The Morgan fingerprint density at radius 2 is 1.52 bits per heavy atom. The molecular formula is C32H47N3O4S. The van der Waals surface area contributed by atoms with Gasteiger partial charge >= 0.3 is 6.03 Å². The van der Waals surface area contributed by atoms with E-state index in [9.17, 15) is 13.2 Å². The molecule has 2 amide bonds. The molecule has 2 aromatic carbocycles. The predicted octanol–water partition coefficient (Wildman–Crippen LogP) is 6.09. The van der Waals surface area contributed by atoms with E-state index in [1.54, 1.807) is 6.07 Å². The van der Waals surface area contributed by atoms with Gasteiger partial charge in [-0.25, -0.2) is 17.9 Å². The maximum Gasteiger partial charge on any atom is 0.315 e. The summed E-state index contributed by atoms with van der Waals surface area (Å²) in [7, 11) is -3.60. The molecule has 4 aliphatic carbocycles. The third-order valence-corrected chi connectivity index (χ3v) is 10.8. The van der Waals surface area contributed by atoms with Crippen molar-refractivity contribution in [2.24, 2.45) is 17.8 Å². The molecule has 6 rings (SSSR count). The van der Waals surface area contributed by atoms with Crippen LogP contribution < -0.4 is 15.4 Å². The normalized spacial score (nSPS) is 25.5. The second kappa shape index (κ2) is 12.8. The number of amides is 2. The Morgan fingerprint density at radius 1 is 0.875 bits per heavy atom. The van der Waals surface area contributed by atoms with E-state index in [1.807, 2.05) is 24.3 Å². The maximum absolute atomic E-state index is 13.0. The first-order valence-electron chi connectivity index (χ1n) is 15.4. The summed E-state index contributed by atoms with van der Waals surface area (Å²) in [4.78, 5) is 12.9. The summed E-state index contributed by atoms with van der Waals surface area (Å²) >= 11 is 0. The second-order valence-electron chi connectivity index (χ2n) is 12.9. The van der Waals surface area contributed by atoms with E-state index in [0.29, 0.717) is 43.5 Å². The van der Waals surface area contributed by atoms with Crippen LogP contribution >= 0.6 is 0 Å². The molecule has 0 aromatic heterocycles. The van der Waals surface area contributed by atoms with E-state index in [1.165, 1.54) is 38.5 Å². The van der Waals surface area contributed by atoms with E-state index in [4.69, 9.17) is 4.74 Å². The lowest BCUT2D eigenvalue weighted by Gasteiger charge is -2.56. The quantitative estimate of drug-likeness (QED) is 0.240. The Balaban J connectivity index is 0.926. The van der Waals surface area contributed by atoms with Gasteiger partial charge < -0.3 is 15.4 Å². The average molecular weight is 570 g/mol. The minimum absolute atomic E-state index is 0.00418. The van der Waals surface area contributed by atoms with Gasteiger partial charge in [-0.3, -0.25) is 0 Å². The highest BCUT2D eigenvalue weighted by molar-refractivity contribution is 7.89. The molecule has 3 N–H and O–H groups in total. The number of hydrogen-bond acceptors (Lipinski definition) is 4. The summed E-state index contributed by atoms with van der Waals surface area (Å²) in [6, 6.07) is 11.4. The van der Waals surface area contributed by atoms with Crippen molar-refractivity contribution in [2.75, 3.05) is 26.3 Å². The van der Waals surface area contributed by atoms with Crippen molar-refractivity contribution >= 4 is 26.8 Å². The smallest absolute Gasteiger partial charge is 0.315 e. The molecule has 0 saturated heterocycles. The highest BCUT2D eigenvalue weighted by Crippen LogP contribution is 2.55. The van der Waals surface area contributed by atoms with Gasteiger partial charge in [0.05, 0.1) is 4.90 Å². The number of nitrogens with one attached hydrogen (secondary N) is 3. The number of ether oxygens (including phenoxy) is 1. The number of unbranched alkanes of at least 4 members (excludes halogenated alkanes) is 2. The van der Waals surface area contributed by atoms with Gasteiger partial charge in [0.1, 0.15) is 0 Å². The van der Waals surface area contributed by atoms with Crippen molar-refractivity contribution in [1.82, 2.24) is 15.4 Å². The highest BCUT2D eigenvalue weighted by atomic mass is 32.2. The number of sulfonamides is 1. The predicted molar refractivity (Wildman–Crippen MR) is 160 cm³/mol. The molecule has 4 saturated carbocycles. The first kappa shape index (κ1) is 29.3. The second-order valence-corrected chi connectivity index (χ2v) is 14.6. The highest BCUT2D eigenvalue weighted by Gasteiger charge is 2.51. The molecule has 0 radical (unpaired) electrons. The van der Waals surface area contributed by atoms with Crippen molar-refractivity contribution in [2.45, 2.75) is 94.4 Å². The molecule has 2 aromatic rings. The molecule has 4 aliphatic rings. The fourth-order valence-electron chi connectivity index (χ4n) is 7.86. The Bertz CT molecular complexity index is 1240. The van der Waals surface area contributed by atoms with E-state index in [2.05, 4.69) is 35.3 Å². The van der Waals surface area contributed by atoms with Crippen LogP contribution in [0.1, 0.15) is 89.5 Å². The molecule has 0 aliphatic heterocycles. The fourth-order valence-corrected chi connectivity index (χ4v) is 9.15. The van der Waals surface area contributed by atoms with Gasteiger partial charge in [-0.2, -0.15) is 0 Å². The number of benzene rings is 2. The van der Waals surface area contributed by atoms with Crippen LogP contribution in [0.3, 0.4) is 0 Å². The number of hydrogen-bond donors (Lipinski definition) is 3. The Hall–Kier alpha value is -2.16. The van der Waals surface area contributed by atoms with E-state index < -0.39 is 10.0 Å². The topological polar surface area (TPSA) is 96.5 Å².